The third kappa shape index (κ3) is 4.66. The minimum absolute atomic E-state index is 0.00469. The van der Waals surface area contributed by atoms with Gasteiger partial charge in [0.25, 0.3) is 0 Å². The predicted octanol–water partition coefficient (Wildman–Crippen LogP) is 0.992. The van der Waals surface area contributed by atoms with Crippen molar-refractivity contribution < 1.29 is 9.53 Å². The maximum atomic E-state index is 12.3. The van der Waals surface area contributed by atoms with Crippen LogP contribution in [0.2, 0.25) is 0 Å². The van der Waals surface area contributed by atoms with Crippen LogP contribution in [0, 0.1) is 5.92 Å². The van der Waals surface area contributed by atoms with E-state index in [4.69, 9.17) is 4.74 Å². The van der Waals surface area contributed by atoms with Crippen molar-refractivity contribution in [2.45, 2.75) is 51.1 Å². The lowest BCUT2D eigenvalue weighted by Crippen LogP contribution is -2.50. The Balaban J connectivity index is 1.81. The fourth-order valence-electron chi connectivity index (χ4n) is 3.76. The molecule has 0 spiro atoms. The average molecular weight is 297 g/mol. The molecule has 0 aliphatic carbocycles. The van der Waals surface area contributed by atoms with Gasteiger partial charge in [-0.25, -0.2) is 0 Å². The first-order valence-corrected chi connectivity index (χ1v) is 8.47. The van der Waals surface area contributed by atoms with Crippen LogP contribution >= 0.6 is 0 Å². The Morgan fingerprint density at radius 1 is 1.38 bits per heavy atom. The van der Waals surface area contributed by atoms with Gasteiger partial charge in [-0.2, -0.15) is 0 Å². The average Bonchev–Trinajstić information content (AvgIpc) is 3.01. The van der Waals surface area contributed by atoms with E-state index < -0.39 is 0 Å². The topological polar surface area (TPSA) is 53.6 Å². The summed E-state index contributed by atoms with van der Waals surface area (Å²) in [5.74, 6) is 0.935. The van der Waals surface area contributed by atoms with Gasteiger partial charge in [-0.15, -0.1) is 0 Å². The minimum atomic E-state index is -0.00469. The Hall–Kier alpha value is -0.650. The molecular weight excluding hydrogens is 266 g/mol. The first kappa shape index (κ1) is 16.7. The van der Waals surface area contributed by atoms with Crippen molar-refractivity contribution in [1.82, 2.24) is 15.5 Å². The molecule has 2 heterocycles. The summed E-state index contributed by atoms with van der Waals surface area (Å²) in [5.41, 5.74) is 0. The highest BCUT2D eigenvalue weighted by atomic mass is 16.5. The maximum Gasteiger partial charge on any atom is 0.237 e. The summed E-state index contributed by atoms with van der Waals surface area (Å²) < 4.78 is 5.01. The smallest absolute Gasteiger partial charge is 0.237 e. The van der Waals surface area contributed by atoms with Crippen LogP contribution in [0.1, 0.15) is 39.0 Å². The van der Waals surface area contributed by atoms with Crippen molar-refractivity contribution in [2.75, 3.05) is 39.9 Å². The van der Waals surface area contributed by atoms with E-state index >= 15 is 0 Å². The molecule has 2 atom stereocenters. The molecule has 2 aliphatic heterocycles. The van der Waals surface area contributed by atoms with Gasteiger partial charge in [0, 0.05) is 26.3 Å². The van der Waals surface area contributed by atoms with Crippen molar-refractivity contribution in [3.63, 3.8) is 0 Å². The molecular formula is C16H31N3O2. The molecule has 5 nitrogen and oxygen atoms in total. The summed E-state index contributed by atoms with van der Waals surface area (Å²) in [6.07, 6.45) is 5.88. The van der Waals surface area contributed by atoms with Gasteiger partial charge in [0.2, 0.25) is 5.91 Å². The van der Waals surface area contributed by atoms with Gasteiger partial charge in [-0.05, 0) is 64.6 Å². The third-order valence-electron chi connectivity index (χ3n) is 4.97. The summed E-state index contributed by atoms with van der Waals surface area (Å²) in [5, 5.41) is 6.48. The molecule has 0 radical (unpaired) electrons. The zero-order valence-electron chi connectivity index (χ0n) is 13.6. The van der Waals surface area contributed by atoms with Gasteiger partial charge in [0.05, 0.1) is 6.04 Å². The predicted molar refractivity (Wildman–Crippen MR) is 84.3 cm³/mol. The zero-order valence-corrected chi connectivity index (χ0v) is 13.6. The maximum absolute atomic E-state index is 12.3. The molecule has 0 aromatic heterocycles. The van der Waals surface area contributed by atoms with Crippen LogP contribution < -0.4 is 10.6 Å². The molecule has 122 valence electrons. The second-order valence-corrected chi connectivity index (χ2v) is 6.35. The summed E-state index contributed by atoms with van der Waals surface area (Å²) in [6, 6.07) is 0.599. The van der Waals surface area contributed by atoms with Crippen molar-refractivity contribution in [3.8, 4) is 0 Å². The number of likely N-dealkylation sites (tertiary alicyclic amines) is 1. The van der Waals surface area contributed by atoms with E-state index in [2.05, 4.69) is 22.5 Å². The molecule has 2 fully saturated rings. The molecule has 2 aliphatic rings. The number of carbonyl (C=O) groups is 1. The van der Waals surface area contributed by atoms with E-state index in [-0.39, 0.29) is 11.9 Å². The van der Waals surface area contributed by atoms with Crippen LogP contribution in [0.3, 0.4) is 0 Å². The van der Waals surface area contributed by atoms with Crippen molar-refractivity contribution in [1.29, 1.82) is 0 Å². The molecule has 0 saturated carbocycles. The van der Waals surface area contributed by atoms with E-state index in [9.17, 15) is 4.79 Å². The minimum Gasteiger partial charge on any atom is -0.385 e. The molecule has 2 saturated heterocycles. The number of hydrogen-bond acceptors (Lipinski definition) is 4. The van der Waals surface area contributed by atoms with Crippen molar-refractivity contribution >= 4 is 5.91 Å². The lowest BCUT2D eigenvalue weighted by molar-refractivity contribution is -0.126. The van der Waals surface area contributed by atoms with Gasteiger partial charge >= 0.3 is 0 Å². The molecule has 2 N–H and O–H groups in total. The van der Waals surface area contributed by atoms with E-state index in [1.54, 1.807) is 7.11 Å². The second kappa shape index (κ2) is 8.71. The standard InChI is InChI=1S/C16H31N3O2/c1-13(16(20)18-8-4-12-21-2)19-11-3-5-15(19)14-6-9-17-10-7-14/h13-15,17H,3-12H2,1-2H3,(H,18,20). The highest BCUT2D eigenvalue weighted by Crippen LogP contribution is 2.30. The lowest BCUT2D eigenvalue weighted by atomic mass is 9.88. The summed E-state index contributed by atoms with van der Waals surface area (Å²) >= 11 is 0. The Labute approximate surface area is 128 Å². The highest BCUT2D eigenvalue weighted by Gasteiger charge is 2.36. The van der Waals surface area contributed by atoms with Gasteiger partial charge in [-0.1, -0.05) is 0 Å². The van der Waals surface area contributed by atoms with Crippen LogP contribution in [0.25, 0.3) is 0 Å². The normalized spacial score (nSPS) is 25.9. The van der Waals surface area contributed by atoms with Gasteiger partial charge in [0.1, 0.15) is 0 Å². The zero-order chi connectivity index (χ0) is 15.1. The molecule has 0 bridgehead atoms. The molecule has 5 heteroatoms. The molecule has 1 amide bonds. The van der Waals surface area contributed by atoms with Crippen molar-refractivity contribution in [3.05, 3.63) is 0 Å². The highest BCUT2D eigenvalue weighted by molar-refractivity contribution is 5.81. The number of nitrogens with one attached hydrogen (secondary N) is 2. The number of carbonyl (C=O) groups excluding carboxylic acids is 1. The number of amides is 1. The summed E-state index contributed by atoms with van der Waals surface area (Å²) in [4.78, 5) is 14.8. The molecule has 0 aromatic carbocycles. The van der Waals surface area contributed by atoms with Crippen LogP contribution in [-0.4, -0.2) is 62.8 Å². The number of hydrogen-bond donors (Lipinski definition) is 2. The van der Waals surface area contributed by atoms with E-state index in [0.29, 0.717) is 19.2 Å². The van der Waals surface area contributed by atoms with Crippen LogP contribution in [0.15, 0.2) is 0 Å². The largest absolute Gasteiger partial charge is 0.385 e. The molecule has 0 aromatic rings. The van der Waals surface area contributed by atoms with Crippen LogP contribution in [-0.2, 0) is 9.53 Å². The summed E-state index contributed by atoms with van der Waals surface area (Å²) in [6.45, 7) is 6.81. The van der Waals surface area contributed by atoms with E-state index in [1.165, 1.54) is 25.7 Å². The Morgan fingerprint density at radius 2 is 2.14 bits per heavy atom. The molecule has 2 rings (SSSR count). The number of nitrogens with zero attached hydrogens (tertiary/aromatic N) is 1. The van der Waals surface area contributed by atoms with Crippen molar-refractivity contribution in [2.24, 2.45) is 5.92 Å². The van der Waals surface area contributed by atoms with Gasteiger partial charge in [0.15, 0.2) is 0 Å². The third-order valence-corrected chi connectivity index (χ3v) is 4.97. The van der Waals surface area contributed by atoms with Gasteiger partial charge < -0.3 is 15.4 Å². The Morgan fingerprint density at radius 3 is 2.86 bits per heavy atom. The lowest BCUT2D eigenvalue weighted by Gasteiger charge is -2.37. The first-order valence-electron chi connectivity index (χ1n) is 8.47. The molecule has 2 unspecified atom stereocenters. The van der Waals surface area contributed by atoms with Crippen LogP contribution in [0.4, 0.5) is 0 Å². The van der Waals surface area contributed by atoms with E-state index in [0.717, 1.165) is 32.0 Å². The van der Waals surface area contributed by atoms with E-state index in [1.807, 2.05) is 0 Å². The Kier molecular flexibility index (Phi) is 6.93. The SMILES string of the molecule is COCCCNC(=O)C(C)N1CCCC1C1CCNCC1. The Bertz CT molecular complexity index is 319. The fourth-order valence-corrected chi connectivity index (χ4v) is 3.76. The monoisotopic (exact) mass is 297 g/mol. The molecule has 21 heavy (non-hydrogen) atoms. The first-order chi connectivity index (χ1) is 10.2. The number of rotatable bonds is 7. The quantitative estimate of drug-likeness (QED) is 0.688. The second-order valence-electron chi connectivity index (χ2n) is 6.35. The summed E-state index contributed by atoms with van der Waals surface area (Å²) in [7, 11) is 1.69. The number of ether oxygens (including phenoxy) is 1. The fraction of sp³-hybridized carbons (Fsp3) is 0.938. The van der Waals surface area contributed by atoms with Crippen LogP contribution in [0.5, 0.6) is 0 Å². The number of methoxy groups -OCH3 is 1. The van der Waals surface area contributed by atoms with Gasteiger partial charge in [-0.3, -0.25) is 9.69 Å². The number of piperidine rings is 1.